The monoisotopic (exact) mass is 261 g/mol. The summed E-state index contributed by atoms with van der Waals surface area (Å²) in [6, 6.07) is 7.30. The zero-order chi connectivity index (χ0) is 13.8. The molecule has 2 rings (SSSR count). The highest BCUT2D eigenvalue weighted by Crippen LogP contribution is 2.27. The van der Waals surface area contributed by atoms with E-state index in [1.807, 2.05) is 31.2 Å². The van der Waals surface area contributed by atoms with Crippen molar-refractivity contribution in [2.45, 2.75) is 20.3 Å². The highest BCUT2D eigenvalue weighted by Gasteiger charge is 2.18. The van der Waals surface area contributed by atoms with Gasteiger partial charge in [0.1, 0.15) is 5.75 Å². The Morgan fingerprint density at radius 3 is 2.58 bits per heavy atom. The minimum absolute atomic E-state index is 0.0543. The number of nitrogens with zero attached hydrogens (tertiary/aromatic N) is 1. The van der Waals surface area contributed by atoms with Crippen LogP contribution in [0.15, 0.2) is 28.8 Å². The first-order chi connectivity index (χ1) is 9.13. The van der Waals surface area contributed by atoms with Crippen LogP contribution >= 0.6 is 0 Å². The summed E-state index contributed by atoms with van der Waals surface area (Å²) in [6.45, 7) is 4.39. The molecule has 1 N–H and O–H groups in total. The molecule has 2 aromatic rings. The fourth-order valence-electron chi connectivity index (χ4n) is 1.73. The number of ether oxygens (including phenoxy) is 1. The molecular weight excluding hydrogens is 246 g/mol. The van der Waals surface area contributed by atoms with E-state index in [4.69, 9.17) is 14.4 Å². The predicted octanol–water partition coefficient (Wildman–Crippen LogP) is 3.14. The maximum atomic E-state index is 10.9. The lowest BCUT2D eigenvalue weighted by Crippen LogP contribution is -1.98. The summed E-state index contributed by atoms with van der Waals surface area (Å²) in [5.41, 5.74) is 1.25. The summed E-state index contributed by atoms with van der Waals surface area (Å²) in [6.07, 6.45) is 0.949. The van der Waals surface area contributed by atoms with Gasteiger partial charge in [0.05, 0.1) is 6.61 Å². The van der Waals surface area contributed by atoms with E-state index in [-0.39, 0.29) is 5.69 Å². The van der Waals surface area contributed by atoms with Gasteiger partial charge in [0.25, 0.3) is 0 Å². The van der Waals surface area contributed by atoms with Gasteiger partial charge in [-0.25, -0.2) is 4.79 Å². The summed E-state index contributed by atoms with van der Waals surface area (Å²) in [5.74, 6) is 0.163. The molecule has 0 aliphatic rings. The van der Waals surface area contributed by atoms with Crippen LogP contribution in [-0.4, -0.2) is 22.8 Å². The predicted molar refractivity (Wildman–Crippen MR) is 69.4 cm³/mol. The first kappa shape index (κ1) is 13.1. The second-order valence-electron chi connectivity index (χ2n) is 4.16. The molecular formula is C14H15NO4. The molecule has 0 spiro atoms. The molecule has 0 atom stereocenters. The Bertz CT molecular complexity index is 572. The molecule has 0 unspecified atom stereocenters. The summed E-state index contributed by atoms with van der Waals surface area (Å²) in [7, 11) is 0. The second kappa shape index (κ2) is 5.56. The Kier molecular flexibility index (Phi) is 3.85. The van der Waals surface area contributed by atoms with E-state index in [9.17, 15) is 4.79 Å². The number of carbonyl (C=O) groups is 1. The van der Waals surface area contributed by atoms with Crippen LogP contribution in [0.1, 0.15) is 29.4 Å². The molecule has 0 bridgehead atoms. The molecule has 5 nitrogen and oxygen atoms in total. The lowest BCUT2D eigenvalue weighted by molar-refractivity contribution is 0.0685. The molecule has 0 aliphatic heterocycles. The van der Waals surface area contributed by atoms with Gasteiger partial charge < -0.3 is 14.4 Å². The zero-order valence-electron chi connectivity index (χ0n) is 10.8. The van der Waals surface area contributed by atoms with Crippen molar-refractivity contribution < 1.29 is 19.2 Å². The van der Waals surface area contributed by atoms with Gasteiger partial charge in [-0.05, 0) is 37.6 Å². The van der Waals surface area contributed by atoms with Crippen molar-refractivity contribution >= 4 is 5.97 Å². The Hall–Kier alpha value is -2.30. The van der Waals surface area contributed by atoms with E-state index in [0.717, 1.165) is 17.7 Å². The van der Waals surface area contributed by atoms with Crippen LogP contribution in [0.4, 0.5) is 0 Å². The van der Waals surface area contributed by atoms with Crippen LogP contribution in [0, 0.1) is 6.92 Å². The quantitative estimate of drug-likeness (QED) is 0.895. The van der Waals surface area contributed by atoms with Crippen LogP contribution in [0.5, 0.6) is 5.75 Å². The van der Waals surface area contributed by atoms with Gasteiger partial charge in [-0.1, -0.05) is 12.1 Å². The van der Waals surface area contributed by atoms with Gasteiger partial charge in [0, 0.05) is 11.1 Å². The van der Waals surface area contributed by atoms with Gasteiger partial charge in [0.2, 0.25) is 0 Å². The van der Waals surface area contributed by atoms with Crippen molar-refractivity contribution in [2.75, 3.05) is 6.61 Å². The van der Waals surface area contributed by atoms with Crippen LogP contribution in [0.25, 0.3) is 11.3 Å². The topological polar surface area (TPSA) is 72.6 Å². The molecule has 0 fully saturated rings. The van der Waals surface area contributed by atoms with Crippen LogP contribution in [0.2, 0.25) is 0 Å². The maximum absolute atomic E-state index is 10.9. The number of rotatable bonds is 5. The Labute approximate surface area is 110 Å². The SMILES string of the molecule is CCCOc1ccc(-c2onc(C(=O)O)c2C)cc1. The molecule has 100 valence electrons. The lowest BCUT2D eigenvalue weighted by Gasteiger charge is -2.04. The fourth-order valence-corrected chi connectivity index (χ4v) is 1.73. The Morgan fingerprint density at radius 1 is 1.37 bits per heavy atom. The van der Waals surface area contributed by atoms with E-state index in [0.29, 0.717) is 17.9 Å². The van der Waals surface area contributed by atoms with E-state index in [2.05, 4.69) is 5.16 Å². The number of benzene rings is 1. The van der Waals surface area contributed by atoms with Crippen molar-refractivity contribution in [3.05, 3.63) is 35.5 Å². The largest absolute Gasteiger partial charge is 0.494 e. The van der Waals surface area contributed by atoms with Gasteiger partial charge in [-0.2, -0.15) is 0 Å². The summed E-state index contributed by atoms with van der Waals surface area (Å²) in [5, 5.41) is 12.5. The molecule has 1 aromatic heterocycles. The minimum Gasteiger partial charge on any atom is -0.494 e. The average Bonchev–Trinajstić information content (AvgIpc) is 2.79. The molecule has 0 saturated heterocycles. The van der Waals surface area contributed by atoms with Crippen LogP contribution in [0.3, 0.4) is 0 Å². The van der Waals surface area contributed by atoms with Crippen molar-refractivity contribution in [1.29, 1.82) is 0 Å². The minimum atomic E-state index is -1.09. The van der Waals surface area contributed by atoms with Crippen LogP contribution in [-0.2, 0) is 0 Å². The Morgan fingerprint density at radius 2 is 2.05 bits per heavy atom. The number of aromatic nitrogens is 1. The standard InChI is InChI=1S/C14H15NO4/c1-3-8-18-11-6-4-10(5-7-11)13-9(2)12(14(16)17)15-19-13/h4-7H,3,8H2,1-2H3,(H,16,17). The Balaban J connectivity index is 2.25. The van der Waals surface area contributed by atoms with Gasteiger partial charge in [-0.15, -0.1) is 0 Å². The number of aromatic carboxylic acids is 1. The third-order valence-corrected chi connectivity index (χ3v) is 2.72. The molecule has 19 heavy (non-hydrogen) atoms. The lowest BCUT2D eigenvalue weighted by atomic mass is 10.1. The second-order valence-corrected chi connectivity index (χ2v) is 4.16. The number of hydrogen-bond acceptors (Lipinski definition) is 4. The van der Waals surface area contributed by atoms with Gasteiger partial charge >= 0.3 is 5.97 Å². The van der Waals surface area contributed by atoms with Crippen molar-refractivity contribution in [2.24, 2.45) is 0 Å². The van der Waals surface area contributed by atoms with Crippen molar-refractivity contribution in [1.82, 2.24) is 5.16 Å². The fraction of sp³-hybridized carbons (Fsp3) is 0.286. The normalized spacial score (nSPS) is 10.4. The molecule has 0 radical (unpaired) electrons. The third kappa shape index (κ3) is 2.76. The highest BCUT2D eigenvalue weighted by atomic mass is 16.5. The van der Waals surface area contributed by atoms with E-state index < -0.39 is 5.97 Å². The van der Waals surface area contributed by atoms with Gasteiger partial charge in [-0.3, -0.25) is 0 Å². The molecule has 1 heterocycles. The summed E-state index contributed by atoms with van der Waals surface area (Å²) >= 11 is 0. The number of carboxylic acid groups (broad SMARTS) is 1. The highest BCUT2D eigenvalue weighted by molar-refractivity contribution is 5.88. The van der Waals surface area contributed by atoms with E-state index in [1.165, 1.54) is 0 Å². The first-order valence-corrected chi connectivity index (χ1v) is 6.06. The summed E-state index contributed by atoms with van der Waals surface area (Å²) < 4.78 is 10.6. The molecule has 0 aliphatic carbocycles. The smallest absolute Gasteiger partial charge is 0.358 e. The molecule has 0 saturated carbocycles. The molecule has 5 heteroatoms. The summed E-state index contributed by atoms with van der Waals surface area (Å²) in [4.78, 5) is 10.9. The maximum Gasteiger partial charge on any atom is 0.358 e. The number of hydrogen-bond donors (Lipinski definition) is 1. The van der Waals surface area contributed by atoms with Gasteiger partial charge in [0.15, 0.2) is 11.5 Å². The molecule has 1 aromatic carbocycles. The van der Waals surface area contributed by atoms with Crippen molar-refractivity contribution in [3.8, 4) is 17.1 Å². The average molecular weight is 261 g/mol. The van der Waals surface area contributed by atoms with Crippen LogP contribution < -0.4 is 4.74 Å². The van der Waals surface area contributed by atoms with E-state index in [1.54, 1.807) is 6.92 Å². The zero-order valence-corrected chi connectivity index (χ0v) is 10.8. The third-order valence-electron chi connectivity index (χ3n) is 2.72. The number of carboxylic acids is 1. The first-order valence-electron chi connectivity index (χ1n) is 6.06. The van der Waals surface area contributed by atoms with Crippen molar-refractivity contribution in [3.63, 3.8) is 0 Å². The molecule has 0 amide bonds. The van der Waals surface area contributed by atoms with E-state index >= 15 is 0 Å².